The molecule has 4 N–H and O–H groups in total. The summed E-state index contributed by atoms with van der Waals surface area (Å²) in [6, 6.07) is 11.5. The van der Waals surface area contributed by atoms with Crippen molar-refractivity contribution >= 4 is 40.3 Å². The molecular formula is C20H21FIN3O3. The molecule has 0 aliphatic carbocycles. The van der Waals surface area contributed by atoms with Gasteiger partial charge >= 0.3 is 0 Å². The maximum absolute atomic E-state index is 13.9. The molecule has 2 aromatic rings. The Morgan fingerprint density at radius 3 is 2.21 bits per heavy atom. The lowest BCUT2D eigenvalue weighted by atomic mass is 10.0. The summed E-state index contributed by atoms with van der Waals surface area (Å²) in [5.74, 6) is -2.21. The highest BCUT2D eigenvalue weighted by atomic mass is 127. The van der Waals surface area contributed by atoms with Gasteiger partial charge in [0.05, 0.1) is 0 Å². The molecule has 0 radical (unpaired) electrons. The van der Waals surface area contributed by atoms with Crippen LogP contribution in [-0.2, 0) is 27.2 Å². The Hall–Kier alpha value is -2.49. The van der Waals surface area contributed by atoms with Crippen LogP contribution in [0.5, 0.6) is 0 Å². The molecule has 0 saturated carbocycles. The van der Waals surface area contributed by atoms with E-state index < -0.39 is 35.6 Å². The number of nitrogens with one attached hydrogen (secondary N) is 2. The third-order valence-corrected chi connectivity index (χ3v) is 4.81. The van der Waals surface area contributed by atoms with E-state index in [4.69, 9.17) is 5.73 Å². The van der Waals surface area contributed by atoms with Gasteiger partial charge in [0.15, 0.2) is 0 Å². The highest BCUT2D eigenvalue weighted by Crippen LogP contribution is 2.11. The molecule has 2 aromatic carbocycles. The second-order valence-electron chi connectivity index (χ2n) is 6.34. The molecule has 0 saturated heterocycles. The number of hydrogen-bond donors (Lipinski definition) is 3. The number of benzene rings is 2. The molecule has 6 nitrogen and oxygen atoms in total. The van der Waals surface area contributed by atoms with Gasteiger partial charge in [-0.2, -0.15) is 0 Å². The van der Waals surface area contributed by atoms with Gasteiger partial charge in [-0.25, -0.2) is 4.39 Å². The van der Waals surface area contributed by atoms with Crippen LogP contribution in [-0.4, -0.2) is 29.8 Å². The third kappa shape index (κ3) is 6.59. The topological polar surface area (TPSA) is 101 Å². The molecule has 0 aliphatic heterocycles. The Kier molecular flexibility index (Phi) is 7.91. The van der Waals surface area contributed by atoms with Gasteiger partial charge in [0.1, 0.15) is 17.9 Å². The molecule has 2 rings (SSSR count). The molecular weight excluding hydrogens is 476 g/mol. The van der Waals surface area contributed by atoms with Crippen LogP contribution in [0, 0.1) is 9.39 Å². The van der Waals surface area contributed by atoms with Gasteiger partial charge in [0.25, 0.3) is 0 Å². The summed E-state index contributed by atoms with van der Waals surface area (Å²) in [6.07, 6.45) is 0.164. The molecule has 3 amide bonds. The van der Waals surface area contributed by atoms with Gasteiger partial charge in [-0.15, -0.1) is 0 Å². The predicted octanol–water partition coefficient (Wildman–Crippen LogP) is 1.69. The van der Waals surface area contributed by atoms with Crippen molar-refractivity contribution in [1.82, 2.24) is 10.6 Å². The van der Waals surface area contributed by atoms with Crippen molar-refractivity contribution in [1.29, 1.82) is 0 Å². The SMILES string of the molecule is CC(=O)N[C@H](Cc1ccccc1F)C(=O)N[C@H](Cc1ccc(I)cc1)C(N)=O. The van der Waals surface area contributed by atoms with Crippen molar-refractivity contribution in [3.8, 4) is 0 Å². The summed E-state index contributed by atoms with van der Waals surface area (Å²) in [7, 11) is 0. The lowest BCUT2D eigenvalue weighted by Crippen LogP contribution is -2.54. The molecule has 0 aliphatic rings. The molecule has 0 aromatic heterocycles. The van der Waals surface area contributed by atoms with E-state index in [2.05, 4.69) is 33.2 Å². The lowest BCUT2D eigenvalue weighted by molar-refractivity contribution is -0.130. The molecule has 0 fully saturated rings. The summed E-state index contributed by atoms with van der Waals surface area (Å²) in [6.45, 7) is 1.26. The zero-order chi connectivity index (χ0) is 20.7. The molecule has 0 heterocycles. The van der Waals surface area contributed by atoms with E-state index in [0.717, 1.165) is 9.13 Å². The van der Waals surface area contributed by atoms with Gasteiger partial charge in [0.2, 0.25) is 17.7 Å². The molecule has 0 spiro atoms. The van der Waals surface area contributed by atoms with Crippen LogP contribution >= 0.6 is 22.6 Å². The first-order valence-electron chi connectivity index (χ1n) is 8.61. The first-order chi connectivity index (χ1) is 13.3. The minimum absolute atomic E-state index is 0.0485. The summed E-state index contributed by atoms with van der Waals surface area (Å²) in [4.78, 5) is 36.0. The Bertz CT molecular complexity index is 858. The molecule has 0 bridgehead atoms. The number of carbonyl (C=O) groups is 3. The van der Waals surface area contributed by atoms with Crippen molar-refractivity contribution in [2.24, 2.45) is 5.73 Å². The highest BCUT2D eigenvalue weighted by molar-refractivity contribution is 14.1. The van der Waals surface area contributed by atoms with Crippen LogP contribution in [0.2, 0.25) is 0 Å². The van der Waals surface area contributed by atoms with Crippen LogP contribution < -0.4 is 16.4 Å². The Morgan fingerprint density at radius 2 is 1.64 bits per heavy atom. The normalized spacial score (nSPS) is 12.7. The molecule has 8 heteroatoms. The van der Waals surface area contributed by atoms with Crippen LogP contribution in [0.15, 0.2) is 48.5 Å². The number of halogens is 2. The Balaban J connectivity index is 2.14. The van der Waals surface area contributed by atoms with Crippen molar-refractivity contribution < 1.29 is 18.8 Å². The van der Waals surface area contributed by atoms with Crippen LogP contribution in [0.3, 0.4) is 0 Å². The van der Waals surface area contributed by atoms with Gasteiger partial charge in [-0.1, -0.05) is 30.3 Å². The van der Waals surface area contributed by atoms with E-state index in [1.54, 1.807) is 6.07 Å². The zero-order valence-electron chi connectivity index (χ0n) is 15.2. The monoisotopic (exact) mass is 497 g/mol. The second-order valence-corrected chi connectivity index (χ2v) is 7.59. The maximum atomic E-state index is 13.9. The van der Waals surface area contributed by atoms with Gasteiger partial charge in [-0.3, -0.25) is 14.4 Å². The third-order valence-electron chi connectivity index (χ3n) is 4.09. The average molecular weight is 497 g/mol. The number of amides is 3. The molecule has 2 atom stereocenters. The standard InChI is InChI=1S/C20H21FIN3O3/c1-12(26)24-18(11-14-4-2-3-5-16(14)21)20(28)25-17(19(23)27)10-13-6-8-15(22)9-7-13/h2-9,17-18H,10-11H2,1H3,(H2,23,27)(H,24,26)(H,25,28)/t17-,18-/m1/s1. The first kappa shape index (κ1) is 21.8. The Labute approximate surface area is 176 Å². The zero-order valence-corrected chi connectivity index (χ0v) is 17.4. The minimum Gasteiger partial charge on any atom is -0.368 e. The smallest absolute Gasteiger partial charge is 0.243 e. The van der Waals surface area contributed by atoms with E-state index in [0.29, 0.717) is 0 Å². The number of hydrogen-bond acceptors (Lipinski definition) is 3. The van der Waals surface area contributed by atoms with Crippen molar-refractivity contribution in [2.75, 3.05) is 0 Å². The summed E-state index contributed by atoms with van der Waals surface area (Å²) in [5.41, 5.74) is 6.55. The van der Waals surface area contributed by atoms with Crippen LogP contribution in [0.4, 0.5) is 4.39 Å². The molecule has 28 heavy (non-hydrogen) atoms. The van der Waals surface area contributed by atoms with E-state index in [9.17, 15) is 18.8 Å². The van der Waals surface area contributed by atoms with Crippen molar-refractivity contribution in [3.63, 3.8) is 0 Å². The maximum Gasteiger partial charge on any atom is 0.243 e. The number of rotatable bonds is 8. The highest BCUT2D eigenvalue weighted by Gasteiger charge is 2.26. The van der Waals surface area contributed by atoms with Gasteiger partial charge in [0, 0.05) is 23.3 Å². The van der Waals surface area contributed by atoms with Gasteiger partial charge in [-0.05, 0) is 51.9 Å². The predicted molar refractivity (Wildman–Crippen MR) is 112 cm³/mol. The van der Waals surface area contributed by atoms with Crippen LogP contribution in [0.25, 0.3) is 0 Å². The molecule has 148 valence electrons. The van der Waals surface area contributed by atoms with E-state index in [-0.39, 0.29) is 18.4 Å². The molecule has 0 unspecified atom stereocenters. The van der Waals surface area contributed by atoms with Crippen molar-refractivity contribution in [2.45, 2.75) is 31.8 Å². The lowest BCUT2D eigenvalue weighted by Gasteiger charge is -2.22. The summed E-state index contributed by atoms with van der Waals surface area (Å²) < 4.78 is 15.0. The fourth-order valence-electron chi connectivity index (χ4n) is 2.69. The average Bonchev–Trinajstić information content (AvgIpc) is 2.63. The van der Waals surface area contributed by atoms with Gasteiger partial charge < -0.3 is 16.4 Å². The number of carbonyl (C=O) groups excluding carboxylic acids is 3. The Morgan fingerprint density at radius 1 is 1.00 bits per heavy atom. The quantitative estimate of drug-likeness (QED) is 0.484. The minimum atomic E-state index is -1.03. The van der Waals surface area contributed by atoms with E-state index in [1.807, 2.05) is 24.3 Å². The number of primary amides is 1. The van der Waals surface area contributed by atoms with Crippen LogP contribution in [0.1, 0.15) is 18.1 Å². The van der Waals surface area contributed by atoms with E-state index >= 15 is 0 Å². The number of nitrogens with two attached hydrogens (primary N) is 1. The van der Waals surface area contributed by atoms with E-state index in [1.165, 1.54) is 25.1 Å². The second kappa shape index (κ2) is 10.2. The fraction of sp³-hybridized carbons (Fsp3) is 0.250. The summed E-state index contributed by atoms with van der Waals surface area (Å²) in [5, 5.41) is 5.07. The first-order valence-corrected chi connectivity index (χ1v) is 9.68. The largest absolute Gasteiger partial charge is 0.368 e. The summed E-state index contributed by atoms with van der Waals surface area (Å²) >= 11 is 2.16. The van der Waals surface area contributed by atoms with Crippen molar-refractivity contribution in [3.05, 3.63) is 69.0 Å². The fourth-order valence-corrected chi connectivity index (χ4v) is 3.05.